The molecule has 1 aromatic rings. The number of hydrogen-bond donors (Lipinski definition) is 0. The molecule has 156 valence electrons. The maximum absolute atomic E-state index is 13.8. The Morgan fingerprint density at radius 3 is 2.45 bits per heavy atom. The van der Waals surface area contributed by atoms with E-state index in [0.29, 0.717) is 0 Å². The highest BCUT2D eigenvalue weighted by atomic mass is 16.2. The van der Waals surface area contributed by atoms with E-state index in [0.717, 1.165) is 62.6 Å². The van der Waals surface area contributed by atoms with Gasteiger partial charge in [-0.15, -0.1) is 0 Å². The smallest absolute Gasteiger partial charge is 0.241 e. The van der Waals surface area contributed by atoms with Crippen LogP contribution in [0.2, 0.25) is 0 Å². The monoisotopic (exact) mass is 396 g/mol. The second kappa shape index (κ2) is 7.92. The first-order valence-corrected chi connectivity index (χ1v) is 11.2. The van der Waals surface area contributed by atoms with Crippen LogP contribution in [0.25, 0.3) is 0 Å². The van der Waals surface area contributed by atoms with E-state index in [-0.39, 0.29) is 42.6 Å². The lowest BCUT2D eigenvalue weighted by atomic mass is 9.73. The van der Waals surface area contributed by atoms with Crippen LogP contribution in [-0.2, 0) is 19.8 Å². The van der Waals surface area contributed by atoms with Crippen molar-refractivity contribution in [3.63, 3.8) is 0 Å². The van der Waals surface area contributed by atoms with Gasteiger partial charge in [-0.25, -0.2) is 0 Å². The van der Waals surface area contributed by atoms with Crippen LogP contribution in [-0.4, -0.2) is 46.1 Å². The minimum absolute atomic E-state index is 0.00454. The highest BCUT2D eigenvalue weighted by Gasteiger charge is 2.56. The number of nitrogens with zero attached hydrogens (tertiary/aromatic N) is 2. The van der Waals surface area contributed by atoms with Crippen molar-refractivity contribution in [1.82, 2.24) is 9.80 Å². The summed E-state index contributed by atoms with van der Waals surface area (Å²) in [6.45, 7) is 4.81. The van der Waals surface area contributed by atoms with E-state index < -0.39 is 5.41 Å². The Kier molecular flexibility index (Phi) is 5.50. The van der Waals surface area contributed by atoms with Crippen molar-refractivity contribution in [2.24, 2.45) is 0 Å². The third kappa shape index (κ3) is 3.49. The molecule has 5 heteroatoms. The first kappa shape index (κ1) is 20.1. The summed E-state index contributed by atoms with van der Waals surface area (Å²) in [5.74, 6) is -0.249. The molecule has 1 saturated carbocycles. The maximum Gasteiger partial charge on any atom is 0.241 e. The van der Waals surface area contributed by atoms with Gasteiger partial charge in [0.2, 0.25) is 17.7 Å². The van der Waals surface area contributed by atoms with E-state index in [1.54, 1.807) is 0 Å². The number of amides is 3. The number of likely N-dealkylation sites (tertiary alicyclic amines) is 2. The van der Waals surface area contributed by atoms with Gasteiger partial charge in [0.25, 0.3) is 0 Å². The number of benzene rings is 1. The Morgan fingerprint density at radius 2 is 1.76 bits per heavy atom. The highest BCUT2D eigenvalue weighted by molar-refractivity contribution is 6.11. The van der Waals surface area contributed by atoms with Crippen LogP contribution >= 0.6 is 0 Å². The summed E-state index contributed by atoms with van der Waals surface area (Å²) in [6.07, 6.45) is 7.25. The Balaban J connectivity index is 1.71. The van der Waals surface area contributed by atoms with E-state index >= 15 is 0 Å². The molecule has 2 aliphatic heterocycles. The van der Waals surface area contributed by atoms with Crippen LogP contribution in [0.15, 0.2) is 24.3 Å². The predicted octanol–water partition coefficient (Wildman–Crippen LogP) is 3.73. The largest absolute Gasteiger partial charge is 0.340 e. The SMILES string of the molecule is Cc1ccccc1[C@@]1(CC(=O)N2CCCC[C@H]2C)CC(=O)N(C2CCCC2)C1=O. The van der Waals surface area contributed by atoms with Gasteiger partial charge in [-0.2, -0.15) is 0 Å². The molecule has 2 heterocycles. The number of carbonyl (C=O) groups excluding carboxylic acids is 3. The minimum atomic E-state index is -1.06. The van der Waals surface area contributed by atoms with Gasteiger partial charge in [-0.05, 0) is 57.1 Å². The van der Waals surface area contributed by atoms with Gasteiger partial charge in [0.1, 0.15) is 0 Å². The first-order chi connectivity index (χ1) is 13.9. The Hall–Kier alpha value is -2.17. The van der Waals surface area contributed by atoms with Gasteiger partial charge in [0.05, 0.1) is 5.41 Å². The molecule has 1 aliphatic carbocycles. The van der Waals surface area contributed by atoms with Crippen molar-refractivity contribution in [2.45, 2.75) is 89.1 Å². The van der Waals surface area contributed by atoms with Crippen LogP contribution in [0, 0.1) is 6.92 Å². The number of hydrogen-bond acceptors (Lipinski definition) is 3. The second-order valence-electron chi connectivity index (χ2n) is 9.19. The number of carbonyl (C=O) groups is 3. The lowest BCUT2D eigenvalue weighted by molar-refractivity contribution is -0.145. The maximum atomic E-state index is 13.8. The number of piperidine rings is 1. The number of imide groups is 1. The van der Waals surface area contributed by atoms with E-state index in [2.05, 4.69) is 6.92 Å². The third-order valence-corrected chi connectivity index (χ3v) is 7.28. The quantitative estimate of drug-likeness (QED) is 0.729. The molecule has 0 aromatic heterocycles. The lowest BCUT2D eigenvalue weighted by Gasteiger charge is -2.37. The predicted molar refractivity (Wildman–Crippen MR) is 111 cm³/mol. The van der Waals surface area contributed by atoms with Gasteiger partial charge in [-0.1, -0.05) is 37.1 Å². The lowest BCUT2D eigenvalue weighted by Crippen LogP contribution is -2.48. The summed E-state index contributed by atoms with van der Waals surface area (Å²) in [5.41, 5.74) is 0.762. The third-order valence-electron chi connectivity index (χ3n) is 7.28. The van der Waals surface area contributed by atoms with Crippen LogP contribution < -0.4 is 0 Å². The van der Waals surface area contributed by atoms with Gasteiger partial charge in [-0.3, -0.25) is 19.3 Å². The molecule has 0 bridgehead atoms. The molecule has 29 heavy (non-hydrogen) atoms. The average molecular weight is 397 g/mol. The molecule has 0 radical (unpaired) electrons. The summed E-state index contributed by atoms with van der Waals surface area (Å²) in [5, 5.41) is 0. The van der Waals surface area contributed by atoms with Crippen molar-refractivity contribution < 1.29 is 14.4 Å². The number of aryl methyl sites for hydroxylation is 1. The molecule has 0 N–H and O–H groups in total. The van der Waals surface area contributed by atoms with Gasteiger partial charge in [0.15, 0.2) is 0 Å². The fourth-order valence-electron chi connectivity index (χ4n) is 5.68. The van der Waals surface area contributed by atoms with Gasteiger partial charge in [0, 0.05) is 31.5 Å². The summed E-state index contributed by atoms with van der Waals surface area (Å²) in [6, 6.07) is 7.96. The molecule has 3 aliphatic rings. The fourth-order valence-corrected chi connectivity index (χ4v) is 5.68. The van der Waals surface area contributed by atoms with E-state index in [9.17, 15) is 14.4 Å². The van der Waals surface area contributed by atoms with Gasteiger partial charge < -0.3 is 4.90 Å². The van der Waals surface area contributed by atoms with Gasteiger partial charge >= 0.3 is 0 Å². The average Bonchev–Trinajstić information content (AvgIpc) is 3.29. The van der Waals surface area contributed by atoms with E-state index in [1.165, 1.54) is 4.90 Å². The molecule has 0 unspecified atom stereocenters. The van der Waals surface area contributed by atoms with Crippen LogP contribution in [0.4, 0.5) is 0 Å². The summed E-state index contributed by atoms with van der Waals surface area (Å²) < 4.78 is 0. The molecule has 0 spiro atoms. The minimum Gasteiger partial charge on any atom is -0.340 e. The molecule has 3 fully saturated rings. The molecular formula is C24H32N2O3. The zero-order chi connectivity index (χ0) is 20.6. The molecule has 5 nitrogen and oxygen atoms in total. The Bertz CT molecular complexity index is 814. The molecule has 3 amide bonds. The van der Waals surface area contributed by atoms with Crippen LogP contribution in [0.3, 0.4) is 0 Å². The zero-order valence-corrected chi connectivity index (χ0v) is 17.7. The molecule has 2 saturated heterocycles. The van der Waals surface area contributed by atoms with Crippen molar-refractivity contribution in [2.75, 3.05) is 6.54 Å². The fraction of sp³-hybridized carbons (Fsp3) is 0.625. The standard InChI is InChI=1S/C24H32N2O3/c1-17-9-3-6-13-20(17)24(15-21(27)25-14-8-7-10-18(25)2)16-22(28)26(23(24)29)19-11-4-5-12-19/h3,6,9,13,18-19H,4-5,7-8,10-12,14-16H2,1-2H3/t18-,24-/m1/s1. The highest BCUT2D eigenvalue weighted by Crippen LogP contribution is 2.44. The van der Waals surface area contributed by atoms with E-state index in [1.807, 2.05) is 36.1 Å². The first-order valence-electron chi connectivity index (χ1n) is 11.2. The van der Waals surface area contributed by atoms with Crippen LogP contribution in [0.1, 0.15) is 75.8 Å². The number of rotatable bonds is 4. The summed E-state index contributed by atoms with van der Waals surface area (Å²) >= 11 is 0. The Morgan fingerprint density at radius 1 is 1.07 bits per heavy atom. The van der Waals surface area contributed by atoms with Crippen molar-refractivity contribution in [3.05, 3.63) is 35.4 Å². The Labute approximate surface area is 173 Å². The normalized spacial score (nSPS) is 28.4. The van der Waals surface area contributed by atoms with Crippen molar-refractivity contribution in [3.8, 4) is 0 Å². The van der Waals surface area contributed by atoms with Crippen LogP contribution in [0.5, 0.6) is 0 Å². The molecule has 4 rings (SSSR count). The topological polar surface area (TPSA) is 57.7 Å². The molecule has 1 aromatic carbocycles. The zero-order valence-electron chi connectivity index (χ0n) is 17.7. The second-order valence-corrected chi connectivity index (χ2v) is 9.19. The van der Waals surface area contributed by atoms with Crippen molar-refractivity contribution in [1.29, 1.82) is 0 Å². The summed E-state index contributed by atoms with van der Waals surface area (Å²) in [7, 11) is 0. The molecule has 2 atom stereocenters. The van der Waals surface area contributed by atoms with E-state index in [4.69, 9.17) is 0 Å². The molecular weight excluding hydrogens is 364 g/mol. The van der Waals surface area contributed by atoms with Crippen molar-refractivity contribution >= 4 is 17.7 Å². The summed E-state index contributed by atoms with van der Waals surface area (Å²) in [4.78, 5) is 43.7.